The fraction of sp³-hybridized carbons (Fsp3) is 0.211. The molecule has 0 unspecified atom stereocenters. The second kappa shape index (κ2) is 7.08. The number of rotatable bonds is 5. The van der Waals surface area contributed by atoms with Gasteiger partial charge in [-0.3, -0.25) is 4.79 Å². The van der Waals surface area contributed by atoms with Crippen LogP contribution < -0.4 is 18.9 Å². The van der Waals surface area contributed by atoms with E-state index < -0.39 is 0 Å². The van der Waals surface area contributed by atoms with Crippen LogP contribution in [0, 0.1) is 0 Å². The molecule has 3 rings (SSSR count). The van der Waals surface area contributed by atoms with Crippen molar-refractivity contribution in [2.45, 2.75) is 0 Å². The van der Waals surface area contributed by atoms with Crippen LogP contribution in [-0.2, 0) is 0 Å². The Morgan fingerprint density at radius 3 is 2.29 bits per heavy atom. The number of allylic oxidation sites excluding steroid dienone is 1. The largest absolute Gasteiger partial charge is 0.497 e. The van der Waals surface area contributed by atoms with Crippen LogP contribution in [0.3, 0.4) is 0 Å². The molecule has 2 aromatic rings. The van der Waals surface area contributed by atoms with E-state index in [-0.39, 0.29) is 5.78 Å². The molecule has 5 heteroatoms. The van der Waals surface area contributed by atoms with Gasteiger partial charge in [-0.1, -0.05) is 6.08 Å². The number of methoxy groups -OCH3 is 2. The van der Waals surface area contributed by atoms with Gasteiger partial charge in [0.25, 0.3) is 0 Å². The summed E-state index contributed by atoms with van der Waals surface area (Å²) >= 11 is 0. The van der Waals surface area contributed by atoms with Gasteiger partial charge in [-0.05, 0) is 42.0 Å². The molecule has 0 spiro atoms. The van der Waals surface area contributed by atoms with Gasteiger partial charge in [-0.2, -0.15) is 0 Å². The third-order valence-electron chi connectivity index (χ3n) is 3.63. The van der Waals surface area contributed by atoms with Gasteiger partial charge in [0.2, 0.25) is 0 Å². The van der Waals surface area contributed by atoms with Gasteiger partial charge in [-0.15, -0.1) is 0 Å². The Morgan fingerprint density at radius 2 is 1.62 bits per heavy atom. The van der Waals surface area contributed by atoms with Gasteiger partial charge >= 0.3 is 0 Å². The predicted molar refractivity (Wildman–Crippen MR) is 90.3 cm³/mol. The van der Waals surface area contributed by atoms with E-state index in [0.29, 0.717) is 41.8 Å². The molecule has 0 amide bonds. The molecule has 0 aromatic heterocycles. The molecule has 5 nitrogen and oxygen atoms in total. The van der Waals surface area contributed by atoms with Crippen LogP contribution in [0.4, 0.5) is 0 Å². The molecule has 0 aliphatic carbocycles. The Morgan fingerprint density at radius 1 is 0.958 bits per heavy atom. The number of carbonyl (C=O) groups excluding carboxylic acids is 1. The van der Waals surface area contributed by atoms with Crippen molar-refractivity contribution in [1.82, 2.24) is 0 Å². The van der Waals surface area contributed by atoms with Crippen molar-refractivity contribution in [3.63, 3.8) is 0 Å². The van der Waals surface area contributed by atoms with Gasteiger partial charge in [0.05, 0.1) is 14.2 Å². The zero-order valence-corrected chi connectivity index (χ0v) is 13.6. The summed E-state index contributed by atoms with van der Waals surface area (Å²) in [5, 5.41) is 0. The highest BCUT2D eigenvalue weighted by Gasteiger charge is 2.13. The van der Waals surface area contributed by atoms with E-state index in [1.54, 1.807) is 44.6 Å². The fourth-order valence-corrected chi connectivity index (χ4v) is 2.39. The zero-order chi connectivity index (χ0) is 16.9. The lowest BCUT2D eigenvalue weighted by atomic mass is 10.1. The van der Waals surface area contributed by atoms with E-state index in [0.717, 1.165) is 5.56 Å². The minimum absolute atomic E-state index is 0.117. The molecule has 2 aromatic carbocycles. The standard InChI is InChI=1S/C19H18O5/c1-21-15-9-13(10-16(12-15)22-2)3-5-17(20)14-4-6-18-19(11-14)24-8-7-23-18/h3-6,9-12H,7-8H2,1-2H3/b5-3+. The highest BCUT2D eigenvalue weighted by molar-refractivity contribution is 6.07. The first-order valence-electron chi connectivity index (χ1n) is 7.55. The van der Waals surface area contributed by atoms with Crippen LogP contribution in [0.25, 0.3) is 6.08 Å². The SMILES string of the molecule is COc1cc(/C=C/C(=O)c2ccc3c(c2)OCCO3)cc(OC)c1. The van der Waals surface area contributed by atoms with Crippen LogP contribution in [0.1, 0.15) is 15.9 Å². The Balaban J connectivity index is 1.80. The van der Waals surface area contributed by atoms with Crippen molar-refractivity contribution in [2.24, 2.45) is 0 Å². The molecule has 0 saturated heterocycles. The first kappa shape index (κ1) is 15.9. The summed E-state index contributed by atoms with van der Waals surface area (Å²) in [4.78, 5) is 12.4. The molecule has 24 heavy (non-hydrogen) atoms. The number of benzene rings is 2. The number of fused-ring (bicyclic) bond motifs is 1. The molecule has 1 aliphatic heterocycles. The van der Waals surface area contributed by atoms with Crippen molar-refractivity contribution in [3.8, 4) is 23.0 Å². The lowest BCUT2D eigenvalue weighted by Gasteiger charge is -2.18. The Kier molecular flexibility index (Phi) is 4.70. The average molecular weight is 326 g/mol. The first-order chi connectivity index (χ1) is 11.7. The number of ether oxygens (including phenoxy) is 4. The molecular formula is C19H18O5. The summed E-state index contributed by atoms with van der Waals surface area (Å²) < 4.78 is 21.4. The summed E-state index contributed by atoms with van der Waals surface area (Å²) in [7, 11) is 3.17. The third-order valence-corrected chi connectivity index (χ3v) is 3.63. The van der Waals surface area contributed by atoms with Crippen molar-refractivity contribution in [2.75, 3.05) is 27.4 Å². The van der Waals surface area contributed by atoms with E-state index in [9.17, 15) is 4.79 Å². The quantitative estimate of drug-likeness (QED) is 0.623. The maximum atomic E-state index is 12.4. The maximum absolute atomic E-state index is 12.4. The van der Waals surface area contributed by atoms with E-state index in [4.69, 9.17) is 18.9 Å². The van der Waals surface area contributed by atoms with E-state index in [1.165, 1.54) is 6.08 Å². The second-order valence-corrected chi connectivity index (χ2v) is 5.20. The van der Waals surface area contributed by atoms with Crippen molar-refractivity contribution < 1.29 is 23.7 Å². The molecule has 1 heterocycles. The number of hydrogen-bond acceptors (Lipinski definition) is 5. The average Bonchev–Trinajstić information content (AvgIpc) is 2.65. The highest BCUT2D eigenvalue weighted by Crippen LogP contribution is 2.31. The van der Waals surface area contributed by atoms with Crippen molar-refractivity contribution >= 4 is 11.9 Å². The Labute approximate surface area is 140 Å². The van der Waals surface area contributed by atoms with Crippen LogP contribution in [0.15, 0.2) is 42.5 Å². The van der Waals surface area contributed by atoms with E-state index in [1.807, 2.05) is 12.1 Å². The second-order valence-electron chi connectivity index (χ2n) is 5.20. The molecular weight excluding hydrogens is 308 g/mol. The molecule has 124 valence electrons. The molecule has 0 saturated carbocycles. The van der Waals surface area contributed by atoms with Crippen LogP contribution in [-0.4, -0.2) is 33.2 Å². The Hall–Kier alpha value is -2.95. The normalized spacial score (nSPS) is 12.9. The van der Waals surface area contributed by atoms with Gasteiger partial charge in [0.1, 0.15) is 24.7 Å². The van der Waals surface area contributed by atoms with Crippen LogP contribution in [0.5, 0.6) is 23.0 Å². The monoisotopic (exact) mass is 326 g/mol. The van der Waals surface area contributed by atoms with E-state index >= 15 is 0 Å². The summed E-state index contributed by atoms with van der Waals surface area (Å²) in [6.45, 7) is 1.02. The van der Waals surface area contributed by atoms with Gasteiger partial charge in [0, 0.05) is 11.6 Å². The summed E-state index contributed by atoms with van der Waals surface area (Å²) in [5.74, 6) is 2.48. The van der Waals surface area contributed by atoms with Crippen LogP contribution >= 0.6 is 0 Å². The molecule has 0 N–H and O–H groups in total. The number of hydrogen-bond donors (Lipinski definition) is 0. The molecule has 0 fully saturated rings. The highest BCUT2D eigenvalue weighted by atomic mass is 16.6. The van der Waals surface area contributed by atoms with Gasteiger partial charge in [0.15, 0.2) is 17.3 Å². The summed E-state index contributed by atoms with van der Waals surface area (Å²) in [5.41, 5.74) is 1.36. The lowest BCUT2D eigenvalue weighted by Crippen LogP contribution is -2.15. The minimum atomic E-state index is -0.117. The first-order valence-corrected chi connectivity index (χ1v) is 7.55. The predicted octanol–water partition coefficient (Wildman–Crippen LogP) is 3.37. The van der Waals surface area contributed by atoms with Crippen molar-refractivity contribution in [1.29, 1.82) is 0 Å². The molecule has 1 aliphatic rings. The van der Waals surface area contributed by atoms with E-state index in [2.05, 4.69) is 0 Å². The zero-order valence-electron chi connectivity index (χ0n) is 13.6. The minimum Gasteiger partial charge on any atom is -0.497 e. The third kappa shape index (κ3) is 3.51. The number of ketones is 1. The summed E-state index contributed by atoms with van der Waals surface area (Å²) in [6, 6.07) is 10.6. The van der Waals surface area contributed by atoms with Gasteiger partial charge < -0.3 is 18.9 Å². The topological polar surface area (TPSA) is 54.0 Å². The number of carbonyl (C=O) groups is 1. The van der Waals surface area contributed by atoms with Crippen molar-refractivity contribution in [3.05, 3.63) is 53.6 Å². The maximum Gasteiger partial charge on any atom is 0.185 e. The fourth-order valence-electron chi connectivity index (χ4n) is 2.39. The molecule has 0 atom stereocenters. The molecule has 0 bridgehead atoms. The summed E-state index contributed by atoms with van der Waals surface area (Å²) in [6.07, 6.45) is 3.24. The van der Waals surface area contributed by atoms with Gasteiger partial charge in [-0.25, -0.2) is 0 Å². The smallest absolute Gasteiger partial charge is 0.185 e. The Bertz CT molecular complexity index is 757. The van der Waals surface area contributed by atoms with Crippen LogP contribution in [0.2, 0.25) is 0 Å². The lowest BCUT2D eigenvalue weighted by molar-refractivity contribution is 0.104. The molecule has 0 radical (unpaired) electrons.